The first-order chi connectivity index (χ1) is 5.59. The van der Waals surface area contributed by atoms with Crippen LogP contribution in [-0.2, 0) is 0 Å². The van der Waals surface area contributed by atoms with Gasteiger partial charge < -0.3 is 21.7 Å². The third kappa shape index (κ3) is 1.79. The Hall–Kier alpha value is -1.91. The molecular formula is C7H9N3O2. The lowest BCUT2D eigenvalue weighted by atomic mass is 10.3. The Labute approximate surface area is 69.0 Å². The van der Waals surface area contributed by atoms with E-state index in [2.05, 4.69) is 4.99 Å². The van der Waals surface area contributed by atoms with Crippen molar-refractivity contribution in [2.45, 2.75) is 0 Å². The predicted octanol–water partition coefficient (Wildman–Crippen LogP) is 0.00270. The lowest BCUT2D eigenvalue weighted by Crippen LogP contribution is -2.21. The van der Waals surface area contributed by atoms with Gasteiger partial charge in [-0.1, -0.05) is 0 Å². The lowest BCUT2D eigenvalue weighted by molar-refractivity contribution is 0.451. The second kappa shape index (κ2) is 3.00. The quantitative estimate of drug-likeness (QED) is 0.349. The van der Waals surface area contributed by atoms with E-state index in [1.54, 1.807) is 0 Å². The Morgan fingerprint density at radius 2 is 1.92 bits per heavy atom. The van der Waals surface area contributed by atoms with Gasteiger partial charge >= 0.3 is 0 Å². The highest BCUT2D eigenvalue weighted by Gasteiger charge is 1.99. The van der Waals surface area contributed by atoms with Crippen LogP contribution in [0.1, 0.15) is 0 Å². The van der Waals surface area contributed by atoms with E-state index < -0.39 is 0 Å². The number of hydrogen-bond donors (Lipinski definition) is 4. The van der Waals surface area contributed by atoms with E-state index in [9.17, 15) is 0 Å². The average molecular weight is 167 g/mol. The molecule has 5 heteroatoms. The van der Waals surface area contributed by atoms with Gasteiger partial charge in [0, 0.05) is 6.07 Å². The van der Waals surface area contributed by atoms with E-state index in [1.165, 1.54) is 12.1 Å². The minimum absolute atomic E-state index is 0.0398. The molecule has 0 aliphatic carbocycles. The molecule has 1 aromatic carbocycles. The lowest BCUT2D eigenvalue weighted by Gasteiger charge is -1.99. The first-order valence-electron chi connectivity index (χ1n) is 3.21. The average Bonchev–Trinajstić information content (AvgIpc) is 1.94. The molecule has 0 aliphatic heterocycles. The second-order valence-electron chi connectivity index (χ2n) is 2.21. The molecule has 0 aliphatic rings. The van der Waals surface area contributed by atoms with Gasteiger partial charge in [0.25, 0.3) is 0 Å². The summed E-state index contributed by atoms with van der Waals surface area (Å²) in [4.78, 5) is 3.61. The van der Waals surface area contributed by atoms with Crippen LogP contribution in [0.25, 0.3) is 0 Å². The van der Waals surface area contributed by atoms with E-state index in [1.807, 2.05) is 0 Å². The Kier molecular flexibility index (Phi) is 2.05. The summed E-state index contributed by atoms with van der Waals surface area (Å²) >= 11 is 0. The summed E-state index contributed by atoms with van der Waals surface area (Å²) in [6.07, 6.45) is 0. The maximum absolute atomic E-state index is 9.16. The highest BCUT2D eigenvalue weighted by molar-refractivity contribution is 5.80. The molecule has 12 heavy (non-hydrogen) atoms. The number of guanidine groups is 1. The minimum Gasteiger partial charge on any atom is -0.508 e. The third-order valence-corrected chi connectivity index (χ3v) is 1.21. The van der Waals surface area contributed by atoms with Gasteiger partial charge in [-0.05, 0) is 12.1 Å². The molecule has 1 rings (SSSR count). The van der Waals surface area contributed by atoms with Gasteiger partial charge in [0.2, 0.25) is 0 Å². The highest BCUT2D eigenvalue weighted by atomic mass is 16.3. The summed E-state index contributed by atoms with van der Waals surface area (Å²) in [7, 11) is 0. The summed E-state index contributed by atoms with van der Waals surface area (Å²) in [6.45, 7) is 0. The van der Waals surface area contributed by atoms with Crippen LogP contribution in [0.15, 0.2) is 23.2 Å². The van der Waals surface area contributed by atoms with Crippen molar-refractivity contribution in [3.63, 3.8) is 0 Å². The maximum atomic E-state index is 9.16. The largest absolute Gasteiger partial charge is 0.508 e. The number of nitrogens with two attached hydrogens (primary N) is 2. The minimum atomic E-state index is -0.164. The molecule has 0 spiro atoms. The molecule has 0 aromatic heterocycles. The number of nitrogens with zero attached hydrogens (tertiary/aromatic N) is 1. The Morgan fingerprint density at radius 3 is 2.42 bits per heavy atom. The Morgan fingerprint density at radius 1 is 1.25 bits per heavy atom. The predicted molar refractivity (Wildman–Crippen MR) is 45.2 cm³/mol. The monoisotopic (exact) mass is 167 g/mol. The Bertz CT molecular complexity index is 318. The van der Waals surface area contributed by atoms with Crippen molar-refractivity contribution in [3.05, 3.63) is 18.2 Å². The van der Waals surface area contributed by atoms with Crippen LogP contribution >= 0.6 is 0 Å². The number of rotatable bonds is 1. The zero-order valence-electron chi connectivity index (χ0n) is 6.23. The van der Waals surface area contributed by atoms with E-state index in [0.717, 1.165) is 6.07 Å². The zero-order chi connectivity index (χ0) is 9.14. The number of hydrogen-bond acceptors (Lipinski definition) is 3. The summed E-state index contributed by atoms with van der Waals surface area (Å²) < 4.78 is 0. The van der Waals surface area contributed by atoms with Gasteiger partial charge in [-0.15, -0.1) is 0 Å². The highest BCUT2D eigenvalue weighted by Crippen LogP contribution is 2.29. The van der Waals surface area contributed by atoms with E-state index in [-0.39, 0.29) is 23.1 Å². The number of phenolic OH excluding ortho intramolecular Hbond substituents is 2. The molecule has 0 fully saturated rings. The van der Waals surface area contributed by atoms with Crippen LogP contribution in [0.3, 0.4) is 0 Å². The van der Waals surface area contributed by atoms with Crippen LogP contribution in [-0.4, -0.2) is 16.2 Å². The van der Waals surface area contributed by atoms with Crippen LogP contribution in [0, 0.1) is 0 Å². The summed E-state index contributed by atoms with van der Waals surface area (Å²) in [5.74, 6) is -0.346. The molecule has 5 nitrogen and oxygen atoms in total. The first-order valence-corrected chi connectivity index (χ1v) is 3.21. The summed E-state index contributed by atoms with van der Waals surface area (Å²) in [5.41, 5.74) is 10.4. The van der Waals surface area contributed by atoms with E-state index in [4.69, 9.17) is 21.7 Å². The van der Waals surface area contributed by atoms with Gasteiger partial charge in [0.05, 0.1) is 0 Å². The molecule has 64 valence electrons. The van der Waals surface area contributed by atoms with Gasteiger partial charge in [-0.25, -0.2) is 4.99 Å². The van der Waals surface area contributed by atoms with Crippen molar-refractivity contribution in [2.24, 2.45) is 16.5 Å². The Balaban J connectivity index is 3.10. The van der Waals surface area contributed by atoms with Crippen molar-refractivity contribution in [2.75, 3.05) is 0 Å². The molecule has 6 N–H and O–H groups in total. The standard InChI is InChI=1S/C7H9N3O2/c8-7(9)10-5-2-1-4(11)3-6(5)12/h1-3,11-12H,(H4,8,9,10). The van der Waals surface area contributed by atoms with Gasteiger partial charge in [0.15, 0.2) is 5.96 Å². The van der Waals surface area contributed by atoms with E-state index in [0.29, 0.717) is 0 Å². The zero-order valence-corrected chi connectivity index (χ0v) is 6.23. The molecule has 0 saturated carbocycles. The smallest absolute Gasteiger partial charge is 0.191 e. The van der Waals surface area contributed by atoms with Crippen molar-refractivity contribution in [1.29, 1.82) is 0 Å². The van der Waals surface area contributed by atoms with Crippen molar-refractivity contribution in [1.82, 2.24) is 0 Å². The van der Waals surface area contributed by atoms with Crippen LogP contribution < -0.4 is 11.5 Å². The van der Waals surface area contributed by atoms with Gasteiger partial charge in [-0.2, -0.15) is 0 Å². The first kappa shape index (κ1) is 8.19. The molecule has 1 aromatic rings. The maximum Gasteiger partial charge on any atom is 0.191 e. The van der Waals surface area contributed by atoms with Gasteiger partial charge in [0.1, 0.15) is 17.2 Å². The number of benzene rings is 1. The fourth-order valence-corrected chi connectivity index (χ4v) is 0.745. The van der Waals surface area contributed by atoms with Crippen molar-refractivity contribution >= 4 is 11.6 Å². The fraction of sp³-hybridized carbons (Fsp3) is 0. The normalized spacial score (nSPS) is 9.33. The fourth-order valence-electron chi connectivity index (χ4n) is 0.745. The van der Waals surface area contributed by atoms with Gasteiger partial charge in [-0.3, -0.25) is 0 Å². The third-order valence-electron chi connectivity index (χ3n) is 1.21. The number of aromatic hydroxyl groups is 2. The number of aliphatic imine (C=N–C) groups is 1. The van der Waals surface area contributed by atoms with Crippen LogP contribution in [0.5, 0.6) is 11.5 Å². The molecule has 0 unspecified atom stereocenters. The molecular weight excluding hydrogens is 158 g/mol. The van der Waals surface area contributed by atoms with Crippen molar-refractivity contribution < 1.29 is 10.2 Å². The SMILES string of the molecule is NC(N)=Nc1ccc(O)cc1O. The van der Waals surface area contributed by atoms with E-state index >= 15 is 0 Å². The molecule has 0 bridgehead atoms. The summed E-state index contributed by atoms with van der Waals surface area (Å²) in [5, 5.41) is 18.1. The molecule has 0 atom stereocenters. The van der Waals surface area contributed by atoms with Crippen LogP contribution in [0.4, 0.5) is 5.69 Å². The molecule has 0 heterocycles. The second-order valence-corrected chi connectivity index (χ2v) is 2.21. The van der Waals surface area contributed by atoms with Crippen molar-refractivity contribution in [3.8, 4) is 11.5 Å². The van der Waals surface area contributed by atoms with Crippen LogP contribution in [0.2, 0.25) is 0 Å². The molecule has 0 saturated heterocycles. The number of phenols is 2. The molecule has 0 amide bonds. The summed E-state index contributed by atoms with van der Waals surface area (Å²) in [6, 6.07) is 3.94. The molecule has 0 radical (unpaired) electrons. The topological polar surface area (TPSA) is 105 Å².